The van der Waals surface area contributed by atoms with Gasteiger partial charge >= 0.3 is 0 Å². The van der Waals surface area contributed by atoms with Crippen LogP contribution in [0.2, 0.25) is 0 Å². The van der Waals surface area contributed by atoms with Crippen LogP contribution in [0.4, 0.5) is 0 Å². The van der Waals surface area contributed by atoms with Gasteiger partial charge < -0.3 is 10.2 Å². The molecule has 1 N–H and O–H groups in total. The molecule has 0 radical (unpaired) electrons. The molecule has 4 heteroatoms. The van der Waals surface area contributed by atoms with Crippen LogP contribution in [-0.4, -0.2) is 30.7 Å². The highest BCUT2D eigenvalue weighted by molar-refractivity contribution is 5.98. The summed E-state index contributed by atoms with van der Waals surface area (Å²) < 4.78 is 0. The lowest BCUT2D eigenvalue weighted by Gasteiger charge is -2.10. The van der Waals surface area contributed by atoms with E-state index in [1.807, 2.05) is 38.4 Å². The Labute approximate surface area is 161 Å². The van der Waals surface area contributed by atoms with E-state index in [2.05, 4.69) is 28.4 Å². The highest BCUT2D eigenvalue weighted by atomic mass is 16.2. The van der Waals surface area contributed by atoms with Gasteiger partial charge in [-0.3, -0.25) is 9.59 Å². The quantitative estimate of drug-likeness (QED) is 0.729. The predicted molar refractivity (Wildman–Crippen MR) is 108 cm³/mol. The molecule has 1 aliphatic carbocycles. The van der Waals surface area contributed by atoms with E-state index < -0.39 is 0 Å². The summed E-state index contributed by atoms with van der Waals surface area (Å²) in [5, 5.41) is 2.91. The van der Waals surface area contributed by atoms with E-state index in [0.717, 1.165) is 30.5 Å². The fraction of sp³-hybridized carbons (Fsp3) is 0.391. The SMILES string of the molecule is CN(C)Cc1ccc(CNC(=O)CCC(=O)c2ccc3c(c2)CCC3)cc1. The summed E-state index contributed by atoms with van der Waals surface area (Å²) in [6.45, 7) is 1.39. The minimum absolute atomic E-state index is 0.0490. The lowest BCUT2D eigenvalue weighted by Crippen LogP contribution is -2.23. The summed E-state index contributed by atoms with van der Waals surface area (Å²) in [7, 11) is 4.08. The maximum atomic E-state index is 12.4. The average molecular weight is 364 g/mol. The molecule has 1 aliphatic rings. The van der Waals surface area contributed by atoms with Gasteiger partial charge in [-0.15, -0.1) is 0 Å². The summed E-state index contributed by atoms with van der Waals surface area (Å²) in [6, 6.07) is 14.2. The molecule has 3 rings (SSSR count). The smallest absolute Gasteiger partial charge is 0.220 e. The third kappa shape index (κ3) is 5.51. The Morgan fingerprint density at radius 3 is 2.37 bits per heavy atom. The number of nitrogens with zero attached hydrogens (tertiary/aromatic N) is 1. The Bertz CT molecular complexity index is 810. The molecule has 2 aromatic carbocycles. The Kier molecular flexibility index (Phi) is 6.40. The van der Waals surface area contributed by atoms with Crippen LogP contribution in [0.3, 0.4) is 0 Å². The molecule has 0 fully saturated rings. The Morgan fingerprint density at radius 2 is 1.63 bits per heavy atom. The first-order valence-corrected chi connectivity index (χ1v) is 9.65. The van der Waals surface area contributed by atoms with E-state index in [0.29, 0.717) is 6.54 Å². The molecule has 0 aromatic heterocycles. The van der Waals surface area contributed by atoms with Crippen LogP contribution in [0.1, 0.15) is 51.9 Å². The van der Waals surface area contributed by atoms with Gasteiger partial charge in [0.2, 0.25) is 5.91 Å². The van der Waals surface area contributed by atoms with Gasteiger partial charge in [-0.1, -0.05) is 36.4 Å². The number of carbonyl (C=O) groups excluding carboxylic acids is 2. The molecule has 0 atom stereocenters. The zero-order valence-corrected chi connectivity index (χ0v) is 16.3. The van der Waals surface area contributed by atoms with Gasteiger partial charge in [-0.25, -0.2) is 0 Å². The van der Waals surface area contributed by atoms with Crippen molar-refractivity contribution in [1.82, 2.24) is 10.2 Å². The normalized spacial score (nSPS) is 12.9. The van der Waals surface area contributed by atoms with Crippen molar-refractivity contribution < 1.29 is 9.59 Å². The zero-order chi connectivity index (χ0) is 19.2. The highest BCUT2D eigenvalue weighted by Crippen LogP contribution is 2.23. The molecular weight excluding hydrogens is 336 g/mol. The fourth-order valence-electron chi connectivity index (χ4n) is 3.53. The number of hydrogen-bond acceptors (Lipinski definition) is 3. The van der Waals surface area contributed by atoms with Crippen molar-refractivity contribution in [2.75, 3.05) is 14.1 Å². The van der Waals surface area contributed by atoms with Crippen LogP contribution in [0.5, 0.6) is 0 Å². The highest BCUT2D eigenvalue weighted by Gasteiger charge is 2.14. The summed E-state index contributed by atoms with van der Waals surface area (Å²) in [4.78, 5) is 26.6. The molecular formula is C23H28N2O2. The first-order valence-electron chi connectivity index (χ1n) is 9.65. The van der Waals surface area contributed by atoms with Crippen molar-refractivity contribution in [1.29, 1.82) is 0 Å². The van der Waals surface area contributed by atoms with Crippen LogP contribution in [0, 0.1) is 0 Å². The number of nitrogens with one attached hydrogen (secondary N) is 1. The second-order valence-corrected chi connectivity index (χ2v) is 7.59. The maximum absolute atomic E-state index is 12.4. The number of carbonyl (C=O) groups is 2. The number of Topliss-reactive ketones (excluding diaryl/α,β-unsaturated/α-hetero) is 1. The first-order chi connectivity index (χ1) is 13.0. The molecule has 27 heavy (non-hydrogen) atoms. The Morgan fingerprint density at radius 1 is 0.926 bits per heavy atom. The Hall–Kier alpha value is -2.46. The number of benzene rings is 2. The number of fused-ring (bicyclic) bond motifs is 1. The van der Waals surface area contributed by atoms with Crippen LogP contribution < -0.4 is 5.32 Å². The second kappa shape index (κ2) is 8.96. The summed E-state index contributed by atoms with van der Waals surface area (Å²) in [6.07, 6.45) is 3.83. The molecule has 0 aliphatic heterocycles. The van der Waals surface area contributed by atoms with Crippen molar-refractivity contribution in [3.63, 3.8) is 0 Å². The van der Waals surface area contributed by atoms with E-state index in [1.165, 1.54) is 23.1 Å². The van der Waals surface area contributed by atoms with Gasteiger partial charge in [-0.05, 0) is 61.7 Å². The van der Waals surface area contributed by atoms with Crippen LogP contribution in [0.25, 0.3) is 0 Å². The van der Waals surface area contributed by atoms with E-state index in [4.69, 9.17) is 0 Å². The molecule has 0 unspecified atom stereocenters. The molecule has 142 valence electrons. The molecule has 0 saturated carbocycles. The van der Waals surface area contributed by atoms with Gasteiger partial charge in [0.05, 0.1) is 0 Å². The van der Waals surface area contributed by atoms with Crippen molar-refractivity contribution in [2.45, 2.75) is 45.2 Å². The zero-order valence-electron chi connectivity index (χ0n) is 16.3. The molecule has 1 amide bonds. The summed E-state index contributed by atoms with van der Waals surface area (Å²) in [5.74, 6) is -0.0326. The lowest BCUT2D eigenvalue weighted by molar-refractivity contribution is -0.121. The standard InChI is InChI=1S/C23H28N2O2/c1-25(2)16-18-8-6-17(7-9-18)15-24-23(27)13-12-22(26)21-11-10-19-4-3-5-20(19)14-21/h6-11,14H,3-5,12-13,15-16H2,1-2H3,(H,24,27). The molecule has 2 aromatic rings. The first kappa shape index (κ1) is 19.3. The van der Waals surface area contributed by atoms with E-state index in [-0.39, 0.29) is 24.5 Å². The fourth-order valence-corrected chi connectivity index (χ4v) is 3.53. The van der Waals surface area contributed by atoms with Crippen LogP contribution in [0.15, 0.2) is 42.5 Å². The largest absolute Gasteiger partial charge is 0.352 e. The molecule has 0 heterocycles. The monoisotopic (exact) mass is 364 g/mol. The molecule has 0 saturated heterocycles. The number of ketones is 1. The number of rotatable bonds is 8. The summed E-state index contributed by atoms with van der Waals surface area (Å²) >= 11 is 0. The van der Waals surface area contributed by atoms with Crippen molar-refractivity contribution in [3.05, 3.63) is 70.3 Å². The van der Waals surface area contributed by atoms with E-state index in [9.17, 15) is 9.59 Å². The number of hydrogen-bond donors (Lipinski definition) is 1. The van der Waals surface area contributed by atoms with Crippen LogP contribution >= 0.6 is 0 Å². The van der Waals surface area contributed by atoms with Gasteiger partial charge in [0.25, 0.3) is 0 Å². The molecule has 0 spiro atoms. The average Bonchev–Trinajstić information content (AvgIpc) is 3.13. The maximum Gasteiger partial charge on any atom is 0.220 e. The van der Waals surface area contributed by atoms with Crippen LogP contribution in [-0.2, 0) is 30.7 Å². The second-order valence-electron chi connectivity index (χ2n) is 7.59. The van der Waals surface area contributed by atoms with E-state index in [1.54, 1.807) is 0 Å². The molecule has 4 nitrogen and oxygen atoms in total. The van der Waals surface area contributed by atoms with Crippen molar-refractivity contribution in [3.8, 4) is 0 Å². The topological polar surface area (TPSA) is 49.4 Å². The number of aryl methyl sites for hydroxylation is 2. The predicted octanol–water partition coefficient (Wildman–Crippen LogP) is 3.52. The van der Waals surface area contributed by atoms with Crippen molar-refractivity contribution >= 4 is 11.7 Å². The third-order valence-electron chi connectivity index (χ3n) is 5.01. The Balaban J connectivity index is 1.43. The minimum atomic E-state index is -0.0816. The third-order valence-corrected chi connectivity index (χ3v) is 5.01. The van der Waals surface area contributed by atoms with Gasteiger partial charge in [0.1, 0.15) is 0 Å². The van der Waals surface area contributed by atoms with Crippen molar-refractivity contribution in [2.24, 2.45) is 0 Å². The number of amides is 1. The van der Waals surface area contributed by atoms with Gasteiger partial charge in [0.15, 0.2) is 5.78 Å². The van der Waals surface area contributed by atoms with Gasteiger partial charge in [0, 0.05) is 31.5 Å². The van der Waals surface area contributed by atoms with Gasteiger partial charge in [-0.2, -0.15) is 0 Å². The summed E-state index contributed by atoms with van der Waals surface area (Å²) in [5.41, 5.74) is 5.70. The van der Waals surface area contributed by atoms with E-state index >= 15 is 0 Å². The molecule has 0 bridgehead atoms. The minimum Gasteiger partial charge on any atom is -0.352 e. The lowest BCUT2D eigenvalue weighted by atomic mass is 10.0.